The van der Waals surface area contributed by atoms with Crippen molar-refractivity contribution in [2.75, 3.05) is 0 Å². The van der Waals surface area contributed by atoms with Gasteiger partial charge in [-0.3, -0.25) is 0 Å². The Balaban J connectivity index is 2.08. The molecular weight excluding hydrogens is 328 g/mol. The van der Waals surface area contributed by atoms with Crippen LogP contribution in [0.2, 0.25) is 0 Å². The number of halogens is 1. The van der Waals surface area contributed by atoms with E-state index in [9.17, 15) is 8.42 Å². The second-order valence-corrected chi connectivity index (χ2v) is 7.70. The summed E-state index contributed by atoms with van der Waals surface area (Å²) in [5, 5.41) is 0. The van der Waals surface area contributed by atoms with Gasteiger partial charge in [-0.2, -0.15) is 0 Å². The summed E-state index contributed by atoms with van der Waals surface area (Å²) in [7, 11) is -3.49. The van der Waals surface area contributed by atoms with E-state index in [1.165, 1.54) is 6.07 Å². The summed E-state index contributed by atoms with van der Waals surface area (Å²) in [6.45, 7) is 1.80. The molecule has 2 heterocycles. The second-order valence-electron chi connectivity index (χ2n) is 3.25. The first-order valence-corrected chi connectivity index (χ1v) is 7.73. The highest BCUT2D eigenvalue weighted by Gasteiger charge is 2.17. The van der Waals surface area contributed by atoms with Gasteiger partial charge >= 0.3 is 0 Å². The van der Waals surface area contributed by atoms with Gasteiger partial charge in [0.25, 0.3) is 10.0 Å². The lowest BCUT2D eigenvalue weighted by Crippen LogP contribution is -2.22. The fourth-order valence-corrected chi connectivity index (χ4v) is 4.18. The van der Waals surface area contributed by atoms with E-state index >= 15 is 0 Å². The third-order valence-corrected chi connectivity index (χ3v) is 5.41. The Morgan fingerprint density at radius 1 is 1.53 bits per heavy atom. The summed E-state index contributed by atoms with van der Waals surface area (Å²) in [6, 6.07) is 3.23. The SMILES string of the molecule is Cc1cnc(CNS(=O)(=O)c2ccc(Br)s2)o1. The average molecular weight is 337 g/mol. The highest BCUT2D eigenvalue weighted by atomic mass is 79.9. The van der Waals surface area contributed by atoms with Crippen molar-refractivity contribution in [2.24, 2.45) is 0 Å². The first-order chi connectivity index (χ1) is 7.97. The fourth-order valence-electron chi connectivity index (χ4n) is 1.15. The average Bonchev–Trinajstić information content (AvgIpc) is 2.85. The van der Waals surface area contributed by atoms with Crippen molar-refractivity contribution in [1.29, 1.82) is 0 Å². The zero-order chi connectivity index (χ0) is 12.5. The molecular formula is C9H9BrN2O3S2. The van der Waals surface area contributed by atoms with Gasteiger partial charge in [0.1, 0.15) is 9.97 Å². The first-order valence-electron chi connectivity index (χ1n) is 4.64. The van der Waals surface area contributed by atoms with E-state index in [2.05, 4.69) is 25.6 Å². The monoisotopic (exact) mass is 336 g/mol. The number of aromatic nitrogens is 1. The molecule has 0 amide bonds. The molecule has 0 atom stereocenters. The van der Waals surface area contributed by atoms with Crippen LogP contribution in [0.5, 0.6) is 0 Å². The molecule has 0 saturated carbocycles. The van der Waals surface area contributed by atoms with Gasteiger partial charge in [0.2, 0.25) is 5.89 Å². The minimum absolute atomic E-state index is 0.0473. The smallest absolute Gasteiger partial charge is 0.250 e. The van der Waals surface area contributed by atoms with E-state index < -0.39 is 10.0 Å². The Bertz CT molecular complexity index is 618. The van der Waals surface area contributed by atoms with Crippen molar-refractivity contribution < 1.29 is 12.8 Å². The maximum Gasteiger partial charge on any atom is 0.250 e. The van der Waals surface area contributed by atoms with Crippen LogP contribution in [0.25, 0.3) is 0 Å². The molecule has 92 valence electrons. The Labute approximate surface area is 111 Å². The van der Waals surface area contributed by atoms with E-state index in [0.29, 0.717) is 11.7 Å². The Kier molecular flexibility index (Phi) is 3.67. The van der Waals surface area contributed by atoms with Crippen LogP contribution in [0.15, 0.2) is 30.7 Å². The molecule has 0 aliphatic heterocycles. The van der Waals surface area contributed by atoms with Gasteiger partial charge in [-0.1, -0.05) is 0 Å². The lowest BCUT2D eigenvalue weighted by atomic mass is 10.6. The zero-order valence-electron chi connectivity index (χ0n) is 8.81. The number of thiophene rings is 1. The number of rotatable bonds is 4. The predicted molar refractivity (Wildman–Crippen MR) is 67.3 cm³/mol. The summed E-state index contributed by atoms with van der Waals surface area (Å²) < 4.78 is 32.3. The van der Waals surface area contributed by atoms with Gasteiger partial charge < -0.3 is 4.42 Å². The van der Waals surface area contributed by atoms with Crippen molar-refractivity contribution in [3.63, 3.8) is 0 Å². The molecule has 2 rings (SSSR count). The molecule has 0 radical (unpaired) electrons. The largest absolute Gasteiger partial charge is 0.445 e. The van der Waals surface area contributed by atoms with Crippen LogP contribution < -0.4 is 4.72 Å². The Morgan fingerprint density at radius 2 is 2.29 bits per heavy atom. The van der Waals surface area contributed by atoms with Crippen LogP contribution in [-0.4, -0.2) is 13.4 Å². The molecule has 0 aliphatic carbocycles. The van der Waals surface area contributed by atoms with E-state index in [0.717, 1.165) is 15.1 Å². The van der Waals surface area contributed by atoms with Crippen LogP contribution in [0.4, 0.5) is 0 Å². The minimum atomic E-state index is -3.49. The minimum Gasteiger partial charge on any atom is -0.445 e. The van der Waals surface area contributed by atoms with Gasteiger partial charge in [-0.05, 0) is 35.0 Å². The second kappa shape index (κ2) is 4.89. The number of hydrogen-bond donors (Lipinski definition) is 1. The van der Waals surface area contributed by atoms with E-state index in [1.54, 1.807) is 19.2 Å². The standard InChI is InChI=1S/C9H9BrN2O3S2/c1-6-4-11-8(15-6)5-12-17(13,14)9-3-2-7(10)16-9/h2-4,12H,5H2,1H3. The maximum atomic E-state index is 11.8. The fraction of sp³-hybridized carbons (Fsp3) is 0.222. The number of oxazole rings is 1. The highest BCUT2D eigenvalue weighted by Crippen LogP contribution is 2.25. The number of sulfonamides is 1. The van der Waals surface area contributed by atoms with E-state index in [4.69, 9.17) is 4.42 Å². The lowest BCUT2D eigenvalue weighted by molar-refractivity contribution is 0.463. The number of hydrogen-bond acceptors (Lipinski definition) is 5. The molecule has 8 heteroatoms. The Hall–Kier alpha value is -0.700. The van der Waals surface area contributed by atoms with Gasteiger partial charge in [0.15, 0.2) is 0 Å². The summed E-state index contributed by atoms with van der Waals surface area (Å²) >= 11 is 4.37. The molecule has 2 aromatic heterocycles. The number of nitrogens with zero attached hydrogens (tertiary/aromatic N) is 1. The van der Waals surface area contributed by atoms with Gasteiger partial charge in [0.05, 0.1) is 16.5 Å². The third-order valence-electron chi connectivity index (χ3n) is 1.90. The number of aryl methyl sites for hydroxylation is 1. The van der Waals surface area contributed by atoms with Crippen LogP contribution in [0.3, 0.4) is 0 Å². The molecule has 0 bridgehead atoms. The predicted octanol–water partition coefficient (Wildman–Crippen LogP) is 2.29. The third kappa shape index (κ3) is 3.15. The summed E-state index contributed by atoms with van der Waals surface area (Å²) in [4.78, 5) is 3.92. The summed E-state index contributed by atoms with van der Waals surface area (Å²) in [6.07, 6.45) is 1.55. The molecule has 0 aromatic carbocycles. The summed E-state index contributed by atoms with van der Waals surface area (Å²) in [5.41, 5.74) is 0. The van der Waals surface area contributed by atoms with Gasteiger partial charge in [0, 0.05) is 0 Å². The quantitative estimate of drug-likeness (QED) is 0.929. The lowest BCUT2D eigenvalue weighted by Gasteiger charge is -2.01. The number of nitrogens with one attached hydrogen (secondary N) is 1. The van der Waals surface area contributed by atoms with Crippen molar-refractivity contribution in [3.8, 4) is 0 Å². The first kappa shape index (κ1) is 12.7. The van der Waals surface area contributed by atoms with Gasteiger partial charge in [-0.15, -0.1) is 11.3 Å². The molecule has 0 aliphatic rings. The van der Waals surface area contributed by atoms with Crippen LogP contribution in [0, 0.1) is 6.92 Å². The van der Waals surface area contributed by atoms with Crippen molar-refractivity contribution >= 4 is 37.3 Å². The highest BCUT2D eigenvalue weighted by molar-refractivity contribution is 9.11. The van der Waals surface area contributed by atoms with Crippen molar-refractivity contribution in [3.05, 3.63) is 33.8 Å². The van der Waals surface area contributed by atoms with Crippen LogP contribution in [0.1, 0.15) is 11.7 Å². The van der Waals surface area contributed by atoms with E-state index in [-0.39, 0.29) is 10.8 Å². The van der Waals surface area contributed by atoms with Crippen LogP contribution in [-0.2, 0) is 16.6 Å². The maximum absolute atomic E-state index is 11.8. The molecule has 2 aromatic rings. The van der Waals surface area contributed by atoms with Crippen molar-refractivity contribution in [1.82, 2.24) is 9.71 Å². The topological polar surface area (TPSA) is 72.2 Å². The molecule has 0 saturated heterocycles. The van der Waals surface area contributed by atoms with Crippen molar-refractivity contribution in [2.45, 2.75) is 17.7 Å². The molecule has 1 N–H and O–H groups in total. The molecule has 5 nitrogen and oxygen atoms in total. The summed E-state index contributed by atoms with van der Waals surface area (Å²) in [5.74, 6) is 1.000. The zero-order valence-corrected chi connectivity index (χ0v) is 12.0. The normalized spacial score (nSPS) is 11.9. The Morgan fingerprint density at radius 3 is 2.82 bits per heavy atom. The molecule has 0 spiro atoms. The van der Waals surface area contributed by atoms with Gasteiger partial charge in [-0.25, -0.2) is 18.1 Å². The molecule has 0 fully saturated rings. The molecule has 17 heavy (non-hydrogen) atoms. The van der Waals surface area contributed by atoms with Crippen LogP contribution >= 0.6 is 27.3 Å². The molecule has 0 unspecified atom stereocenters. The van der Waals surface area contributed by atoms with E-state index in [1.807, 2.05) is 0 Å².